The van der Waals surface area contributed by atoms with E-state index in [1.54, 1.807) is 0 Å². The molecule has 1 unspecified atom stereocenters. The molecule has 1 atom stereocenters. The number of anilines is 2. The standard InChI is InChI=1S/C13H15N3S/c14-12-1-2-13(16-9-4-6-17-8-9)10-3-5-15-7-11(10)12/h1-3,5,7,9,16H,4,6,8,14H2. The van der Waals surface area contributed by atoms with Gasteiger partial charge in [0.15, 0.2) is 0 Å². The summed E-state index contributed by atoms with van der Waals surface area (Å²) in [6, 6.07) is 6.63. The number of fused-ring (bicyclic) bond motifs is 1. The summed E-state index contributed by atoms with van der Waals surface area (Å²) in [6.45, 7) is 0. The van der Waals surface area contributed by atoms with Crippen LogP contribution < -0.4 is 11.1 Å². The highest BCUT2D eigenvalue weighted by molar-refractivity contribution is 7.99. The second-order valence-electron chi connectivity index (χ2n) is 4.33. The molecule has 0 spiro atoms. The van der Waals surface area contributed by atoms with Crippen LogP contribution in [-0.2, 0) is 0 Å². The molecule has 17 heavy (non-hydrogen) atoms. The smallest absolute Gasteiger partial charge is 0.0424 e. The van der Waals surface area contributed by atoms with Gasteiger partial charge in [-0.1, -0.05) is 0 Å². The molecule has 2 heterocycles. The normalized spacial score (nSPS) is 19.6. The van der Waals surface area contributed by atoms with E-state index < -0.39 is 0 Å². The first-order valence-corrected chi connectivity index (χ1v) is 6.96. The number of hydrogen-bond donors (Lipinski definition) is 2. The van der Waals surface area contributed by atoms with Gasteiger partial charge in [0.05, 0.1) is 0 Å². The van der Waals surface area contributed by atoms with Gasteiger partial charge in [-0.25, -0.2) is 0 Å². The third-order valence-corrected chi connectivity index (χ3v) is 4.30. The van der Waals surface area contributed by atoms with Crippen molar-refractivity contribution in [3.8, 4) is 0 Å². The van der Waals surface area contributed by atoms with Crippen molar-refractivity contribution >= 4 is 33.9 Å². The minimum Gasteiger partial charge on any atom is -0.398 e. The highest BCUT2D eigenvalue weighted by Crippen LogP contribution is 2.29. The van der Waals surface area contributed by atoms with Crippen LogP contribution in [0.2, 0.25) is 0 Å². The number of thioether (sulfide) groups is 1. The Labute approximate surface area is 105 Å². The third kappa shape index (κ3) is 2.05. The zero-order chi connectivity index (χ0) is 11.7. The van der Waals surface area contributed by atoms with Crippen LogP contribution in [0.25, 0.3) is 10.8 Å². The molecule has 1 aliphatic rings. The van der Waals surface area contributed by atoms with Gasteiger partial charge in [-0.2, -0.15) is 11.8 Å². The van der Waals surface area contributed by atoms with Crippen LogP contribution in [-0.4, -0.2) is 22.5 Å². The molecule has 1 aromatic carbocycles. The van der Waals surface area contributed by atoms with Crippen molar-refractivity contribution < 1.29 is 0 Å². The van der Waals surface area contributed by atoms with E-state index in [4.69, 9.17) is 5.73 Å². The van der Waals surface area contributed by atoms with E-state index in [0.29, 0.717) is 6.04 Å². The second-order valence-corrected chi connectivity index (χ2v) is 5.48. The van der Waals surface area contributed by atoms with Crippen LogP contribution in [0.5, 0.6) is 0 Å². The monoisotopic (exact) mass is 245 g/mol. The molecule has 88 valence electrons. The number of aromatic nitrogens is 1. The fourth-order valence-corrected chi connectivity index (χ4v) is 3.36. The van der Waals surface area contributed by atoms with Crippen LogP contribution in [0.15, 0.2) is 30.6 Å². The summed E-state index contributed by atoms with van der Waals surface area (Å²) in [5.41, 5.74) is 7.92. The molecular formula is C13H15N3S. The number of nitrogen functional groups attached to an aromatic ring is 1. The number of benzene rings is 1. The third-order valence-electron chi connectivity index (χ3n) is 3.14. The molecule has 4 heteroatoms. The summed E-state index contributed by atoms with van der Waals surface area (Å²) in [5, 5.41) is 5.80. The molecule has 1 fully saturated rings. The van der Waals surface area contributed by atoms with E-state index in [1.807, 2.05) is 36.3 Å². The van der Waals surface area contributed by atoms with Crippen LogP contribution >= 0.6 is 11.8 Å². The molecule has 1 saturated heterocycles. The highest BCUT2D eigenvalue weighted by atomic mass is 32.2. The predicted molar refractivity (Wildman–Crippen MR) is 75.5 cm³/mol. The Morgan fingerprint density at radius 2 is 2.24 bits per heavy atom. The zero-order valence-corrected chi connectivity index (χ0v) is 10.3. The van der Waals surface area contributed by atoms with Crippen LogP contribution in [0.3, 0.4) is 0 Å². The SMILES string of the molecule is Nc1ccc(NC2CCSC2)c2ccncc12. The lowest BCUT2D eigenvalue weighted by molar-refractivity contribution is 0.814. The minimum atomic E-state index is 0.583. The molecule has 0 amide bonds. The van der Waals surface area contributed by atoms with E-state index in [0.717, 1.165) is 16.5 Å². The van der Waals surface area contributed by atoms with Crippen LogP contribution in [0, 0.1) is 0 Å². The van der Waals surface area contributed by atoms with Gasteiger partial charge in [0.25, 0.3) is 0 Å². The van der Waals surface area contributed by atoms with Gasteiger partial charge in [0, 0.05) is 46.3 Å². The Balaban J connectivity index is 2.01. The first kappa shape index (κ1) is 10.7. The van der Waals surface area contributed by atoms with Gasteiger partial charge in [-0.05, 0) is 30.4 Å². The van der Waals surface area contributed by atoms with Crippen molar-refractivity contribution in [3.05, 3.63) is 30.6 Å². The fraction of sp³-hybridized carbons (Fsp3) is 0.308. The Kier molecular flexibility index (Phi) is 2.81. The maximum atomic E-state index is 5.96. The van der Waals surface area contributed by atoms with Gasteiger partial charge < -0.3 is 11.1 Å². The maximum Gasteiger partial charge on any atom is 0.0424 e. The number of pyridine rings is 1. The summed E-state index contributed by atoms with van der Waals surface area (Å²) in [6.07, 6.45) is 4.89. The van der Waals surface area contributed by atoms with Gasteiger partial charge in [-0.3, -0.25) is 4.98 Å². The molecule has 3 rings (SSSR count). The molecule has 0 bridgehead atoms. The van der Waals surface area contributed by atoms with Gasteiger partial charge in [0.1, 0.15) is 0 Å². The number of nitrogens with two attached hydrogens (primary N) is 1. The summed E-state index contributed by atoms with van der Waals surface area (Å²) in [5.74, 6) is 2.45. The molecular weight excluding hydrogens is 230 g/mol. The molecule has 1 aromatic heterocycles. The average molecular weight is 245 g/mol. The van der Waals surface area contributed by atoms with Crippen molar-refractivity contribution in [1.29, 1.82) is 0 Å². The fourth-order valence-electron chi connectivity index (χ4n) is 2.21. The molecule has 3 N–H and O–H groups in total. The van der Waals surface area contributed by atoms with E-state index in [9.17, 15) is 0 Å². The molecule has 0 aliphatic carbocycles. The lowest BCUT2D eigenvalue weighted by Gasteiger charge is -2.15. The van der Waals surface area contributed by atoms with Crippen LogP contribution in [0.1, 0.15) is 6.42 Å². The van der Waals surface area contributed by atoms with Gasteiger partial charge in [-0.15, -0.1) is 0 Å². The minimum absolute atomic E-state index is 0.583. The largest absolute Gasteiger partial charge is 0.398 e. The van der Waals surface area contributed by atoms with Crippen molar-refractivity contribution in [1.82, 2.24) is 4.98 Å². The first-order valence-electron chi connectivity index (χ1n) is 5.81. The first-order chi connectivity index (χ1) is 8.34. The van der Waals surface area contributed by atoms with Crippen molar-refractivity contribution in [2.45, 2.75) is 12.5 Å². The van der Waals surface area contributed by atoms with Gasteiger partial charge in [0.2, 0.25) is 0 Å². The zero-order valence-electron chi connectivity index (χ0n) is 9.52. The quantitative estimate of drug-likeness (QED) is 0.799. The Morgan fingerprint density at radius 3 is 3.06 bits per heavy atom. The van der Waals surface area contributed by atoms with Crippen LogP contribution in [0.4, 0.5) is 11.4 Å². The molecule has 3 nitrogen and oxygen atoms in total. The predicted octanol–water partition coefficient (Wildman–Crippen LogP) is 2.73. The number of nitrogens with one attached hydrogen (secondary N) is 1. The lowest BCUT2D eigenvalue weighted by atomic mass is 10.1. The molecule has 0 saturated carbocycles. The van der Waals surface area contributed by atoms with Crippen molar-refractivity contribution in [2.24, 2.45) is 0 Å². The van der Waals surface area contributed by atoms with Crippen molar-refractivity contribution in [2.75, 3.05) is 22.6 Å². The average Bonchev–Trinajstić information content (AvgIpc) is 2.86. The summed E-state index contributed by atoms with van der Waals surface area (Å²) >= 11 is 2.01. The maximum absolute atomic E-state index is 5.96. The number of hydrogen-bond acceptors (Lipinski definition) is 4. The van der Waals surface area contributed by atoms with E-state index in [1.165, 1.54) is 23.6 Å². The van der Waals surface area contributed by atoms with E-state index in [2.05, 4.69) is 16.4 Å². The summed E-state index contributed by atoms with van der Waals surface area (Å²) < 4.78 is 0. The highest BCUT2D eigenvalue weighted by Gasteiger charge is 2.16. The van der Waals surface area contributed by atoms with Crippen molar-refractivity contribution in [3.63, 3.8) is 0 Å². The Hall–Kier alpha value is -1.42. The van der Waals surface area contributed by atoms with E-state index in [-0.39, 0.29) is 0 Å². The molecule has 1 aliphatic heterocycles. The van der Waals surface area contributed by atoms with E-state index >= 15 is 0 Å². The summed E-state index contributed by atoms with van der Waals surface area (Å²) in [4.78, 5) is 4.13. The number of rotatable bonds is 2. The topological polar surface area (TPSA) is 50.9 Å². The lowest BCUT2D eigenvalue weighted by Crippen LogP contribution is -2.18. The van der Waals surface area contributed by atoms with Gasteiger partial charge >= 0.3 is 0 Å². The molecule has 2 aromatic rings. The molecule has 0 radical (unpaired) electrons. The summed E-state index contributed by atoms with van der Waals surface area (Å²) in [7, 11) is 0. The second kappa shape index (κ2) is 4.45. The Morgan fingerprint density at radius 1 is 1.29 bits per heavy atom. The Bertz CT molecular complexity index is 535. The number of nitrogens with zero attached hydrogens (tertiary/aromatic N) is 1.